The number of hydrogen-bond acceptors (Lipinski definition) is 4. The molecule has 4 nitrogen and oxygen atoms in total. The molecule has 2 aliphatic heterocycles. The summed E-state index contributed by atoms with van der Waals surface area (Å²) >= 11 is 0. The van der Waals surface area contributed by atoms with Crippen molar-refractivity contribution < 1.29 is 9.47 Å². The van der Waals surface area contributed by atoms with Gasteiger partial charge >= 0.3 is 0 Å². The van der Waals surface area contributed by atoms with Gasteiger partial charge in [0.1, 0.15) is 0 Å². The van der Waals surface area contributed by atoms with E-state index < -0.39 is 5.79 Å². The predicted octanol–water partition coefficient (Wildman–Crippen LogP) is 1.03. The van der Waals surface area contributed by atoms with E-state index in [1.807, 2.05) is 6.92 Å². The molecule has 0 radical (unpaired) electrons. The topological polar surface area (TPSA) is 54.3 Å². The molecule has 2 heterocycles. The molecule has 0 bridgehead atoms. The second-order valence-electron chi connectivity index (χ2n) is 4.45. The molecule has 2 fully saturated rings. The molecule has 0 spiro atoms. The summed E-state index contributed by atoms with van der Waals surface area (Å²) in [6, 6.07) is 2.13. The summed E-state index contributed by atoms with van der Waals surface area (Å²) in [5.41, 5.74) is 0. The molecule has 0 aromatic carbocycles. The first-order valence-electron chi connectivity index (χ1n) is 5.64. The fourth-order valence-corrected chi connectivity index (χ4v) is 2.42. The molecule has 2 unspecified atom stereocenters. The van der Waals surface area contributed by atoms with Crippen LogP contribution in [0.15, 0.2) is 0 Å². The Labute approximate surface area is 90.5 Å². The van der Waals surface area contributed by atoms with Crippen LogP contribution in [0.3, 0.4) is 0 Å². The first-order chi connectivity index (χ1) is 7.24. The molecule has 2 saturated heterocycles. The third-order valence-electron chi connectivity index (χ3n) is 3.36. The van der Waals surface area contributed by atoms with Crippen molar-refractivity contribution in [2.45, 2.75) is 38.1 Å². The maximum absolute atomic E-state index is 8.61. The number of rotatable bonds is 2. The number of piperidine rings is 1. The lowest BCUT2D eigenvalue weighted by Crippen LogP contribution is -2.42. The molecule has 4 heteroatoms. The van der Waals surface area contributed by atoms with Crippen LogP contribution in [-0.4, -0.2) is 31.6 Å². The van der Waals surface area contributed by atoms with E-state index in [0.29, 0.717) is 18.9 Å². The molecule has 0 saturated carbocycles. The van der Waals surface area contributed by atoms with E-state index in [4.69, 9.17) is 14.7 Å². The van der Waals surface area contributed by atoms with E-state index in [9.17, 15) is 0 Å². The van der Waals surface area contributed by atoms with Gasteiger partial charge in [-0.15, -0.1) is 0 Å². The van der Waals surface area contributed by atoms with Gasteiger partial charge in [-0.1, -0.05) is 0 Å². The van der Waals surface area contributed by atoms with Gasteiger partial charge in [-0.3, -0.25) is 0 Å². The van der Waals surface area contributed by atoms with Gasteiger partial charge in [0.15, 0.2) is 5.79 Å². The SMILES string of the molecule is CC1(C2CCNCC2)OCC(CC#N)O1. The zero-order valence-electron chi connectivity index (χ0n) is 9.16. The average Bonchev–Trinajstić information content (AvgIpc) is 2.64. The lowest BCUT2D eigenvalue weighted by molar-refractivity contribution is -0.195. The van der Waals surface area contributed by atoms with Gasteiger partial charge in [0, 0.05) is 5.92 Å². The van der Waals surface area contributed by atoms with Crippen molar-refractivity contribution in [3.63, 3.8) is 0 Å². The highest BCUT2D eigenvalue weighted by Gasteiger charge is 2.43. The molecular formula is C11H18N2O2. The molecule has 0 aromatic rings. The van der Waals surface area contributed by atoms with E-state index in [1.165, 1.54) is 0 Å². The van der Waals surface area contributed by atoms with Gasteiger partial charge < -0.3 is 14.8 Å². The van der Waals surface area contributed by atoms with Crippen molar-refractivity contribution in [3.8, 4) is 6.07 Å². The van der Waals surface area contributed by atoms with E-state index in [-0.39, 0.29) is 6.10 Å². The van der Waals surface area contributed by atoms with Crippen molar-refractivity contribution in [1.29, 1.82) is 5.26 Å². The van der Waals surface area contributed by atoms with Gasteiger partial charge in [0.05, 0.1) is 25.2 Å². The summed E-state index contributed by atoms with van der Waals surface area (Å²) < 4.78 is 11.6. The Bertz CT molecular complexity index is 258. The van der Waals surface area contributed by atoms with Crippen LogP contribution < -0.4 is 5.32 Å². The van der Waals surface area contributed by atoms with E-state index in [0.717, 1.165) is 25.9 Å². The van der Waals surface area contributed by atoms with Crippen molar-refractivity contribution >= 4 is 0 Å². The van der Waals surface area contributed by atoms with Crippen LogP contribution in [0.25, 0.3) is 0 Å². The number of nitrogens with one attached hydrogen (secondary N) is 1. The highest BCUT2D eigenvalue weighted by atomic mass is 16.7. The highest BCUT2D eigenvalue weighted by molar-refractivity contribution is 4.88. The maximum atomic E-state index is 8.61. The number of nitrogens with zero attached hydrogens (tertiary/aromatic N) is 1. The molecule has 0 aliphatic carbocycles. The maximum Gasteiger partial charge on any atom is 0.169 e. The zero-order chi connectivity index (χ0) is 10.7. The van der Waals surface area contributed by atoms with Crippen LogP contribution >= 0.6 is 0 Å². The Kier molecular flexibility index (Phi) is 3.25. The standard InChI is InChI=1S/C11H18N2O2/c1-11(9-3-6-13-7-4-9)14-8-10(15-11)2-5-12/h9-10,13H,2-4,6-8H2,1H3. The average molecular weight is 210 g/mol. The lowest BCUT2D eigenvalue weighted by atomic mass is 9.90. The lowest BCUT2D eigenvalue weighted by Gasteiger charge is -2.35. The van der Waals surface area contributed by atoms with Crippen LogP contribution in [0.4, 0.5) is 0 Å². The summed E-state index contributed by atoms with van der Waals surface area (Å²) in [6.45, 7) is 4.65. The molecule has 15 heavy (non-hydrogen) atoms. The van der Waals surface area contributed by atoms with Crippen LogP contribution in [0.1, 0.15) is 26.2 Å². The largest absolute Gasteiger partial charge is 0.347 e. The fourth-order valence-electron chi connectivity index (χ4n) is 2.42. The summed E-state index contributed by atoms with van der Waals surface area (Å²) in [5, 5.41) is 11.9. The summed E-state index contributed by atoms with van der Waals surface area (Å²) in [6.07, 6.45) is 2.58. The van der Waals surface area contributed by atoms with Gasteiger partial charge in [-0.2, -0.15) is 5.26 Å². The second kappa shape index (κ2) is 4.48. The molecule has 1 N–H and O–H groups in total. The normalized spacial score (nSPS) is 37.7. The number of nitriles is 1. The first kappa shape index (κ1) is 10.9. The predicted molar refractivity (Wildman–Crippen MR) is 55.1 cm³/mol. The Balaban J connectivity index is 1.93. The Morgan fingerprint density at radius 2 is 2.20 bits per heavy atom. The highest BCUT2D eigenvalue weighted by Crippen LogP contribution is 2.36. The fraction of sp³-hybridized carbons (Fsp3) is 0.909. The number of hydrogen-bond donors (Lipinski definition) is 1. The summed E-state index contributed by atoms with van der Waals surface area (Å²) in [7, 11) is 0. The Morgan fingerprint density at radius 1 is 1.47 bits per heavy atom. The third kappa shape index (κ3) is 2.31. The molecule has 0 amide bonds. The third-order valence-corrected chi connectivity index (χ3v) is 3.36. The van der Waals surface area contributed by atoms with Crippen molar-refractivity contribution in [1.82, 2.24) is 5.32 Å². The van der Waals surface area contributed by atoms with Crippen molar-refractivity contribution in [3.05, 3.63) is 0 Å². The molecule has 2 atom stereocenters. The number of ether oxygens (including phenoxy) is 2. The Morgan fingerprint density at radius 3 is 2.87 bits per heavy atom. The minimum absolute atomic E-state index is 0.0325. The van der Waals surface area contributed by atoms with Crippen LogP contribution in [-0.2, 0) is 9.47 Å². The monoisotopic (exact) mass is 210 g/mol. The second-order valence-corrected chi connectivity index (χ2v) is 4.45. The van der Waals surface area contributed by atoms with Crippen molar-refractivity contribution in [2.24, 2.45) is 5.92 Å². The van der Waals surface area contributed by atoms with Gasteiger partial charge in [0.2, 0.25) is 0 Å². The van der Waals surface area contributed by atoms with Gasteiger partial charge in [0.25, 0.3) is 0 Å². The van der Waals surface area contributed by atoms with E-state index >= 15 is 0 Å². The Hall–Kier alpha value is -0.630. The first-order valence-corrected chi connectivity index (χ1v) is 5.64. The van der Waals surface area contributed by atoms with Crippen LogP contribution in [0.2, 0.25) is 0 Å². The van der Waals surface area contributed by atoms with Crippen molar-refractivity contribution in [2.75, 3.05) is 19.7 Å². The quantitative estimate of drug-likeness (QED) is 0.739. The van der Waals surface area contributed by atoms with E-state index in [2.05, 4.69) is 11.4 Å². The zero-order valence-corrected chi connectivity index (χ0v) is 9.16. The molecule has 0 aromatic heterocycles. The van der Waals surface area contributed by atoms with Gasteiger partial charge in [-0.05, 0) is 32.9 Å². The minimum Gasteiger partial charge on any atom is -0.347 e. The molecule has 2 aliphatic rings. The smallest absolute Gasteiger partial charge is 0.169 e. The molecule has 2 rings (SSSR count). The van der Waals surface area contributed by atoms with E-state index in [1.54, 1.807) is 0 Å². The molecular weight excluding hydrogens is 192 g/mol. The van der Waals surface area contributed by atoms with Crippen LogP contribution in [0, 0.1) is 17.2 Å². The molecule has 84 valence electrons. The van der Waals surface area contributed by atoms with Gasteiger partial charge in [-0.25, -0.2) is 0 Å². The summed E-state index contributed by atoms with van der Waals surface area (Å²) in [4.78, 5) is 0. The summed E-state index contributed by atoms with van der Waals surface area (Å²) in [5.74, 6) is 0.00585. The minimum atomic E-state index is -0.455. The van der Waals surface area contributed by atoms with Crippen LogP contribution in [0.5, 0.6) is 0 Å².